The van der Waals surface area contributed by atoms with Gasteiger partial charge in [-0.05, 0) is 30.7 Å². The number of carbonyl (C=O) groups excluding carboxylic acids is 2. The van der Waals surface area contributed by atoms with Gasteiger partial charge in [0.15, 0.2) is 0 Å². The third-order valence-electron chi connectivity index (χ3n) is 3.97. The molecule has 5 nitrogen and oxygen atoms in total. The highest BCUT2D eigenvalue weighted by atomic mass is 19.1. The zero-order valence-electron chi connectivity index (χ0n) is 14.3. The van der Waals surface area contributed by atoms with E-state index in [0.717, 1.165) is 0 Å². The number of rotatable bonds is 4. The summed E-state index contributed by atoms with van der Waals surface area (Å²) < 4.78 is 29.1. The van der Waals surface area contributed by atoms with Crippen molar-refractivity contribution in [3.63, 3.8) is 0 Å². The Morgan fingerprint density at radius 1 is 1.12 bits per heavy atom. The quantitative estimate of drug-likeness (QED) is 0.788. The van der Waals surface area contributed by atoms with E-state index in [0.29, 0.717) is 22.4 Å². The molecule has 134 valence electrons. The highest BCUT2D eigenvalue weighted by Crippen LogP contribution is 2.40. The van der Waals surface area contributed by atoms with Gasteiger partial charge in [-0.1, -0.05) is 30.3 Å². The number of hydrogen-bond acceptors (Lipinski definition) is 5. The molecule has 0 bridgehead atoms. The summed E-state index contributed by atoms with van der Waals surface area (Å²) in [4.78, 5) is 24.9. The molecule has 0 saturated heterocycles. The van der Waals surface area contributed by atoms with Crippen molar-refractivity contribution in [3.8, 4) is 5.75 Å². The smallest absolute Gasteiger partial charge is 0.352 e. The van der Waals surface area contributed by atoms with Gasteiger partial charge in [-0.3, -0.25) is 0 Å². The number of esters is 2. The van der Waals surface area contributed by atoms with Gasteiger partial charge in [-0.2, -0.15) is 0 Å². The molecule has 0 saturated carbocycles. The van der Waals surface area contributed by atoms with Gasteiger partial charge in [0.1, 0.15) is 11.6 Å². The van der Waals surface area contributed by atoms with Crippen LogP contribution < -0.4 is 4.74 Å². The minimum absolute atomic E-state index is 0.0243. The summed E-state index contributed by atoms with van der Waals surface area (Å²) in [5.41, 5.74) is 1.66. The number of methoxy groups -OCH3 is 1. The van der Waals surface area contributed by atoms with Crippen LogP contribution in [0.2, 0.25) is 0 Å². The van der Waals surface area contributed by atoms with E-state index in [2.05, 4.69) is 0 Å². The lowest BCUT2D eigenvalue weighted by Crippen LogP contribution is -2.38. The van der Waals surface area contributed by atoms with Crippen molar-refractivity contribution in [2.45, 2.75) is 13.0 Å². The summed E-state index contributed by atoms with van der Waals surface area (Å²) in [5.74, 6) is -1.38. The van der Waals surface area contributed by atoms with Crippen LogP contribution in [0.1, 0.15) is 18.1 Å². The number of hydrogen-bond donors (Lipinski definition) is 0. The molecule has 1 aliphatic rings. The first kappa shape index (κ1) is 17.7. The van der Waals surface area contributed by atoms with Crippen molar-refractivity contribution >= 4 is 17.5 Å². The maximum Gasteiger partial charge on any atom is 0.352 e. The van der Waals surface area contributed by atoms with Gasteiger partial charge in [-0.15, -0.1) is 0 Å². The van der Waals surface area contributed by atoms with Gasteiger partial charge in [-0.25, -0.2) is 14.0 Å². The molecule has 0 aromatic heterocycles. The Kier molecular flexibility index (Phi) is 5.02. The predicted molar refractivity (Wildman–Crippen MR) is 91.9 cm³/mol. The molecule has 0 spiro atoms. The van der Waals surface area contributed by atoms with Crippen molar-refractivity contribution in [1.82, 2.24) is 0 Å². The van der Waals surface area contributed by atoms with E-state index in [1.165, 1.54) is 31.4 Å². The average molecular weight is 356 g/mol. The van der Waals surface area contributed by atoms with E-state index >= 15 is 0 Å². The summed E-state index contributed by atoms with van der Waals surface area (Å²) >= 11 is 0. The van der Waals surface area contributed by atoms with Crippen LogP contribution in [0.25, 0.3) is 5.57 Å². The summed E-state index contributed by atoms with van der Waals surface area (Å²) in [6.45, 7) is 1.80. The van der Waals surface area contributed by atoms with Gasteiger partial charge in [0, 0.05) is 11.1 Å². The minimum Gasteiger partial charge on any atom is -0.473 e. The molecular formula is C20H17FO5. The molecular weight excluding hydrogens is 339 g/mol. The van der Waals surface area contributed by atoms with Crippen molar-refractivity contribution in [1.29, 1.82) is 0 Å². The SMILES string of the molecule is CCOC(=O)[C@H]1Oc2ccccc2C(c2ccc(F)cc2)=C1C(=O)OC. The Bertz CT molecular complexity index is 870. The number of benzene rings is 2. The highest BCUT2D eigenvalue weighted by Gasteiger charge is 2.39. The molecule has 0 aliphatic carbocycles. The lowest BCUT2D eigenvalue weighted by atomic mass is 9.87. The van der Waals surface area contributed by atoms with Crippen LogP contribution in [-0.4, -0.2) is 31.8 Å². The van der Waals surface area contributed by atoms with Crippen LogP contribution in [0, 0.1) is 5.82 Å². The summed E-state index contributed by atoms with van der Waals surface area (Å²) in [5, 5.41) is 0. The van der Waals surface area contributed by atoms with Crippen molar-refractivity contribution in [2.24, 2.45) is 0 Å². The standard InChI is InChI=1S/C20H17FO5/c1-3-25-20(23)18-17(19(22)24-2)16(12-8-10-13(21)11-9-12)14-6-4-5-7-15(14)26-18/h4-11,18H,3H2,1-2H3/t18-/m0/s1. The maximum atomic E-state index is 13.4. The first-order valence-corrected chi connectivity index (χ1v) is 8.08. The third kappa shape index (κ3) is 3.18. The van der Waals surface area contributed by atoms with E-state index in [1.54, 1.807) is 31.2 Å². The Hall–Kier alpha value is -3.15. The van der Waals surface area contributed by atoms with E-state index in [1.807, 2.05) is 0 Å². The van der Waals surface area contributed by atoms with Gasteiger partial charge < -0.3 is 14.2 Å². The lowest BCUT2D eigenvalue weighted by molar-refractivity contribution is -0.152. The zero-order chi connectivity index (χ0) is 18.7. The molecule has 2 aromatic rings. The zero-order valence-corrected chi connectivity index (χ0v) is 14.3. The normalized spacial score (nSPS) is 15.7. The van der Waals surface area contributed by atoms with Crippen LogP contribution in [0.15, 0.2) is 54.1 Å². The number of halogens is 1. The van der Waals surface area contributed by atoms with E-state index in [4.69, 9.17) is 14.2 Å². The number of ether oxygens (including phenoxy) is 3. The molecule has 0 fully saturated rings. The Balaban J connectivity index is 2.28. The lowest BCUT2D eigenvalue weighted by Gasteiger charge is -2.28. The first-order valence-electron chi connectivity index (χ1n) is 8.08. The molecule has 6 heteroatoms. The summed E-state index contributed by atoms with van der Waals surface area (Å²) in [6, 6.07) is 12.6. The average Bonchev–Trinajstić information content (AvgIpc) is 2.66. The Labute approximate surface area is 150 Å². The minimum atomic E-state index is -1.27. The predicted octanol–water partition coefficient (Wildman–Crippen LogP) is 3.12. The summed E-state index contributed by atoms with van der Waals surface area (Å²) in [6.07, 6.45) is -1.27. The van der Waals surface area contributed by atoms with Gasteiger partial charge in [0.2, 0.25) is 6.10 Å². The molecule has 0 unspecified atom stereocenters. The molecule has 1 aliphatic heterocycles. The van der Waals surface area contributed by atoms with Gasteiger partial charge in [0.25, 0.3) is 0 Å². The Morgan fingerprint density at radius 3 is 2.46 bits per heavy atom. The fraction of sp³-hybridized carbons (Fsp3) is 0.200. The van der Waals surface area contributed by atoms with Crippen LogP contribution >= 0.6 is 0 Å². The van der Waals surface area contributed by atoms with Gasteiger partial charge >= 0.3 is 11.9 Å². The van der Waals surface area contributed by atoms with Crippen molar-refractivity contribution < 1.29 is 28.2 Å². The molecule has 26 heavy (non-hydrogen) atoms. The number of carbonyl (C=O) groups is 2. The third-order valence-corrected chi connectivity index (χ3v) is 3.97. The second kappa shape index (κ2) is 7.39. The van der Waals surface area contributed by atoms with Crippen LogP contribution in [0.3, 0.4) is 0 Å². The number of para-hydroxylation sites is 1. The van der Waals surface area contributed by atoms with Crippen LogP contribution in [0.5, 0.6) is 5.75 Å². The van der Waals surface area contributed by atoms with Gasteiger partial charge in [0.05, 0.1) is 19.3 Å². The molecule has 1 atom stereocenters. The fourth-order valence-electron chi connectivity index (χ4n) is 2.87. The molecule has 2 aromatic carbocycles. The molecule has 0 N–H and O–H groups in total. The fourth-order valence-corrected chi connectivity index (χ4v) is 2.87. The highest BCUT2D eigenvalue weighted by molar-refractivity contribution is 6.08. The second-order valence-corrected chi connectivity index (χ2v) is 5.53. The number of fused-ring (bicyclic) bond motifs is 1. The monoisotopic (exact) mass is 356 g/mol. The largest absolute Gasteiger partial charge is 0.473 e. The van der Waals surface area contributed by atoms with E-state index in [-0.39, 0.29) is 12.2 Å². The molecule has 1 heterocycles. The van der Waals surface area contributed by atoms with E-state index < -0.39 is 23.9 Å². The van der Waals surface area contributed by atoms with E-state index in [9.17, 15) is 14.0 Å². The van der Waals surface area contributed by atoms with Crippen molar-refractivity contribution in [2.75, 3.05) is 13.7 Å². The van der Waals surface area contributed by atoms with Crippen LogP contribution in [-0.2, 0) is 19.1 Å². The molecule has 0 radical (unpaired) electrons. The molecule has 3 rings (SSSR count). The molecule has 0 amide bonds. The second-order valence-electron chi connectivity index (χ2n) is 5.53. The maximum absolute atomic E-state index is 13.4. The topological polar surface area (TPSA) is 61.8 Å². The Morgan fingerprint density at radius 2 is 1.81 bits per heavy atom. The summed E-state index contributed by atoms with van der Waals surface area (Å²) in [7, 11) is 1.22. The van der Waals surface area contributed by atoms with Crippen LogP contribution in [0.4, 0.5) is 4.39 Å². The first-order chi connectivity index (χ1) is 12.6. The van der Waals surface area contributed by atoms with Crippen molar-refractivity contribution in [3.05, 3.63) is 71.0 Å².